The molecule has 0 saturated heterocycles. The van der Waals surface area contributed by atoms with Gasteiger partial charge >= 0.3 is 5.97 Å². The van der Waals surface area contributed by atoms with Crippen LogP contribution in [0, 0.1) is 5.82 Å². The summed E-state index contributed by atoms with van der Waals surface area (Å²) in [5.41, 5.74) is 0.815. The molecule has 1 aromatic rings. The van der Waals surface area contributed by atoms with Gasteiger partial charge in [0.25, 0.3) is 0 Å². The molecule has 1 N–H and O–H groups in total. The summed E-state index contributed by atoms with van der Waals surface area (Å²) in [6, 6.07) is 4.45. The zero-order chi connectivity index (χ0) is 15.2. The molecule has 21 heavy (non-hydrogen) atoms. The number of fused-ring (bicyclic) bond motifs is 1. The largest absolute Gasteiger partial charge is 0.466 e. The minimum atomic E-state index is -0.377. The normalized spacial score (nSPS) is 17.0. The molecule has 0 radical (unpaired) electrons. The van der Waals surface area contributed by atoms with E-state index in [-0.39, 0.29) is 36.6 Å². The van der Waals surface area contributed by atoms with Crippen LogP contribution in [0.2, 0.25) is 0 Å². The van der Waals surface area contributed by atoms with Crippen LogP contribution in [0.1, 0.15) is 37.8 Å². The summed E-state index contributed by atoms with van der Waals surface area (Å²) in [5.74, 6) is -0.0166. The molecule has 114 valence electrons. The van der Waals surface area contributed by atoms with E-state index >= 15 is 0 Å². The van der Waals surface area contributed by atoms with Crippen LogP contribution in [0.3, 0.4) is 0 Å². The van der Waals surface area contributed by atoms with Gasteiger partial charge in [-0.05, 0) is 37.1 Å². The molecule has 0 bridgehead atoms. The maximum Gasteiger partial charge on any atom is 0.306 e. The van der Waals surface area contributed by atoms with E-state index in [1.54, 1.807) is 24.8 Å². The zero-order valence-corrected chi connectivity index (χ0v) is 12.7. The number of rotatable bonds is 5. The van der Waals surface area contributed by atoms with E-state index in [2.05, 4.69) is 5.32 Å². The molecule has 1 aromatic carbocycles. The summed E-state index contributed by atoms with van der Waals surface area (Å²) >= 11 is 1.66. The standard InChI is InChI=1S/C15H18FNO3S/c1-2-20-15(19)6-5-14(18)17-12-7-8-21-13-4-3-10(16)9-11(12)13/h3-4,9,12H,2,5-8H2,1H3,(H,17,18). The number of hydrogen-bond acceptors (Lipinski definition) is 4. The van der Waals surface area contributed by atoms with Crippen molar-refractivity contribution in [3.63, 3.8) is 0 Å². The molecule has 0 aliphatic carbocycles. The van der Waals surface area contributed by atoms with Crippen molar-refractivity contribution < 1.29 is 18.7 Å². The molecule has 1 aliphatic heterocycles. The van der Waals surface area contributed by atoms with E-state index in [1.807, 2.05) is 0 Å². The molecular weight excluding hydrogens is 293 g/mol. The number of esters is 1. The highest BCUT2D eigenvalue weighted by molar-refractivity contribution is 7.99. The summed E-state index contributed by atoms with van der Waals surface area (Å²) in [6.45, 7) is 2.04. The Labute approximate surface area is 127 Å². The van der Waals surface area contributed by atoms with E-state index in [0.29, 0.717) is 6.61 Å². The quantitative estimate of drug-likeness (QED) is 0.850. The molecule has 6 heteroatoms. The molecular formula is C15H18FNO3S. The molecule has 1 unspecified atom stereocenters. The van der Waals surface area contributed by atoms with Gasteiger partial charge in [-0.1, -0.05) is 0 Å². The molecule has 1 heterocycles. The lowest BCUT2D eigenvalue weighted by atomic mass is 10.0. The Morgan fingerprint density at radius 3 is 3.00 bits per heavy atom. The first-order chi connectivity index (χ1) is 10.1. The molecule has 1 atom stereocenters. The van der Waals surface area contributed by atoms with Crippen LogP contribution in [0.5, 0.6) is 0 Å². The van der Waals surface area contributed by atoms with E-state index in [4.69, 9.17) is 4.74 Å². The van der Waals surface area contributed by atoms with Crippen LogP contribution in [0.4, 0.5) is 4.39 Å². The van der Waals surface area contributed by atoms with Crippen molar-refractivity contribution in [3.05, 3.63) is 29.6 Å². The molecule has 0 spiro atoms. The fraction of sp³-hybridized carbons (Fsp3) is 0.467. The maximum absolute atomic E-state index is 13.4. The monoisotopic (exact) mass is 311 g/mol. The second-order valence-electron chi connectivity index (χ2n) is 4.74. The fourth-order valence-corrected chi connectivity index (χ4v) is 3.34. The van der Waals surface area contributed by atoms with Crippen molar-refractivity contribution in [3.8, 4) is 0 Å². The van der Waals surface area contributed by atoms with Gasteiger partial charge in [0.1, 0.15) is 5.82 Å². The molecule has 1 aliphatic rings. The third-order valence-corrected chi connectivity index (χ3v) is 4.33. The van der Waals surface area contributed by atoms with Crippen LogP contribution in [0.25, 0.3) is 0 Å². The van der Waals surface area contributed by atoms with Crippen LogP contribution in [-0.2, 0) is 14.3 Å². The third kappa shape index (κ3) is 4.46. The van der Waals surface area contributed by atoms with Gasteiger partial charge in [-0.3, -0.25) is 9.59 Å². The number of halogens is 1. The Morgan fingerprint density at radius 1 is 1.43 bits per heavy atom. The predicted octanol–water partition coefficient (Wildman–Crippen LogP) is 2.82. The van der Waals surface area contributed by atoms with Crippen molar-refractivity contribution in [2.24, 2.45) is 0 Å². The SMILES string of the molecule is CCOC(=O)CCC(=O)NC1CCSc2ccc(F)cc21. The highest BCUT2D eigenvalue weighted by Gasteiger charge is 2.23. The van der Waals surface area contributed by atoms with Gasteiger partial charge in [0.05, 0.1) is 19.1 Å². The second kappa shape index (κ2) is 7.45. The number of ether oxygens (including phenoxy) is 1. The van der Waals surface area contributed by atoms with E-state index in [0.717, 1.165) is 22.6 Å². The van der Waals surface area contributed by atoms with Crippen molar-refractivity contribution in [1.82, 2.24) is 5.32 Å². The Balaban J connectivity index is 1.93. The van der Waals surface area contributed by atoms with Crippen molar-refractivity contribution in [1.29, 1.82) is 0 Å². The van der Waals surface area contributed by atoms with Crippen LogP contribution < -0.4 is 5.32 Å². The third-order valence-electron chi connectivity index (χ3n) is 3.21. The van der Waals surface area contributed by atoms with Gasteiger partial charge in [-0.25, -0.2) is 4.39 Å². The van der Waals surface area contributed by atoms with Crippen molar-refractivity contribution >= 4 is 23.6 Å². The van der Waals surface area contributed by atoms with Gasteiger partial charge in [0.15, 0.2) is 0 Å². The molecule has 2 rings (SSSR count). The first kappa shape index (κ1) is 15.8. The van der Waals surface area contributed by atoms with E-state index in [1.165, 1.54) is 12.1 Å². The molecule has 0 saturated carbocycles. The number of carbonyl (C=O) groups excluding carboxylic acids is 2. The minimum Gasteiger partial charge on any atom is -0.466 e. The van der Waals surface area contributed by atoms with Gasteiger partial charge in [-0.2, -0.15) is 0 Å². The predicted molar refractivity (Wildman–Crippen MR) is 78.5 cm³/mol. The molecule has 0 aromatic heterocycles. The van der Waals surface area contributed by atoms with E-state index < -0.39 is 0 Å². The number of hydrogen-bond donors (Lipinski definition) is 1. The Hall–Kier alpha value is -1.56. The highest BCUT2D eigenvalue weighted by atomic mass is 32.2. The number of nitrogens with one attached hydrogen (secondary N) is 1. The topological polar surface area (TPSA) is 55.4 Å². The van der Waals surface area contributed by atoms with Crippen LogP contribution in [-0.4, -0.2) is 24.2 Å². The van der Waals surface area contributed by atoms with Gasteiger partial charge in [0.2, 0.25) is 5.91 Å². The first-order valence-electron chi connectivity index (χ1n) is 6.97. The number of carbonyl (C=O) groups is 2. The summed E-state index contributed by atoms with van der Waals surface area (Å²) in [4.78, 5) is 24.1. The number of benzene rings is 1. The summed E-state index contributed by atoms with van der Waals surface area (Å²) in [5, 5.41) is 2.87. The second-order valence-corrected chi connectivity index (χ2v) is 5.88. The first-order valence-corrected chi connectivity index (χ1v) is 7.96. The van der Waals surface area contributed by atoms with E-state index in [9.17, 15) is 14.0 Å². The lowest BCUT2D eigenvalue weighted by molar-refractivity contribution is -0.144. The fourth-order valence-electron chi connectivity index (χ4n) is 2.23. The Bertz CT molecular complexity index is 536. The highest BCUT2D eigenvalue weighted by Crippen LogP contribution is 2.36. The maximum atomic E-state index is 13.4. The van der Waals surface area contributed by atoms with Crippen molar-refractivity contribution in [2.75, 3.05) is 12.4 Å². The minimum absolute atomic E-state index is 0.0666. The van der Waals surface area contributed by atoms with Gasteiger partial charge < -0.3 is 10.1 Å². The summed E-state index contributed by atoms with van der Waals surface area (Å²) in [7, 11) is 0. The molecule has 1 amide bonds. The Kier molecular flexibility index (Phi) is 5.61. The van der Waals surface area contributed by atoms with Crippen molar-refractivity contribution in [2.45, 2.75) is 37.1 Å². The average Bonchev–Trinajstić information content (AvgIpc) is 2.46. The van der Waals surface area contributed by atoms with Crippen LogP contribution >= 0.6 is 11.8 Å². The molecule has 4 nitrogen and oxygen atoms in total. The van der Waals surface area contributed by atoms with Gasteiger partial charge in [-0.15, -0.1) is 11.8 Å². The summed E-state index contributed by atoms with van der Waals surface area (Å²) < 4.78 is 18.1. The average molecular weight is 311 g/mol. The Morgan fingerprint density at radius 2 is 2.24 bits per heavy atom. The lowest BCUT2D eigenvalue weighted by Gasteiger charge is -2.26. The number of amides is 1. The molecule has 0 fully saturated rings. The van der Waals surface area contributed by atoms with Crippen LogP contribution in [0.15, 0.2) is 23.1 Å². The summed E-state index contributed by atoms with van der Waals surface area (Å²) in [6.07, 6.45) is 0.913. The lowest BCUT2D eigenvalue weighted by Crippen LogP contribution is -2.31. The van der Waals surface area contributed by atoms with Gasteiger partial charge in [0, 0.05) is 17.1 Å². The smallest absolute Gasteiger partial charge is 0.306 e. The zero-order valence-electron chi connectivity index (χ0n) is 11.9. The number of thioether (sulfide) groups is 1.